The third-order valence-corrected chi connectivity index (χ3v) is 3.53. The monoisotopic (exact) mass is 227 g/mol. The van der Waals surface area contributed by atoms with Gasteiger partial charge in [-0.3, -0.25) is 4.79 Å². The first kappa shape index (κ1) is 12.1. The molecule has 82 valence electrons. The molecule has 1 atom stereocenters. The molecule has 0 aliphatic rings. The van der Waals surface area contributed by atoms with Crippen LogP contribution < -0.4 is 10.6 Å². The Labute approximate surface area is 91.0 Å². The predicted molar refractivity (Wildman–Crippen MR) is 63.9 cm³/mol. The molecule has 0 bridgehead atoms. The number of rotatable bonds is 5. The Morgan fingerprint density at radius 1 is 1.53 bits per heavy atom. The zero-order chi connectivity index (χ0) is 11.3. The maximum Gasteiger partial charge on any atom is 0.211 e. The van der Waals surface area contributed by atoms with Gasteiger partial charge in [0.15, 0.2) is 0 Å². The lowest BCUT2D eigenvalue weighted by atomic mass is 10.2. The van der Waals surface area contributed by atoms with Crippen LogP contribution in [0.15, 0.2) is 12.1 Å². The van der Waals surface area contributed by atoms with Crippen LogP contribution in [0.25, 0.3) is 0 Å². The normalized spacial score (nSPS) is 10.9. The van der Waals surface area contributed by atoms with Crippen molar-refractivity contribution in [2.24, 2.45) is 0 Å². The molecule has 15 heavy (non-hydrogen) atoms. The van der Waals surface area contributed by atoms with Gasteiger partial charge < -0.3 is 5.32 Å². The summed E-state index contributed by atoms with van der Waals surface area (Å²) in [4.78, 5) is 10.4. The standard InChI is InChI=1S/C11H15FNOP/c1-3-4-15-10-6-8(2)5-9(12)11(10)13-7-14/h5-7,15H,3-4H2,1-2H3,(H,13,14). The van der Waals surface area contributed by atoms with Gasteiger partial charge in [-0.05, 0) is 36.1 Å². The van der Waals surface area contributed by atoms with Crippen molar-refractivity contribution in [2.45, 2.75) is 20.3 Å². The van der Waals surface area contributed by atoms with Crippen LogP contribution in [0.3, 0.4) is 0 Å². The lowest BCUT2D eigenvalue weighted by molar-refractivity contribution is -0.105. The highest BCUT2D eigenvalue weighted by Crippen LogP contribution is 2.22. The summed E-state index contributed by atoms with van der Waals surface area (Å²) in [5.41, 5.74) is 1.23. The number of benzene rings is 1. The van der Waals surface area contributed by atoms with E-state index >= 15 is 0 Å². The Kier molecular flexibility index (Phi) is 4.70. The van der Waals surface area contributed by atoms with E-state index in [1.807, 2.05) is 13.0 Å². The van der Waals surface area contributed by atoms with Gasteiger partial charge in [0.2, 0.25) is 6.41 Å². The Hall–Kier alpha value is -0.950. The van der Waals surface area contributed by atoms with E-state index in [1.54, 1.807) is 0 Å². The lowest BCUT2D eigenvalue weighted by Crippen LogP contribution is -2.10. The van der Waals surface area contributed by atoms with Gasteiger partial charge in [-0.1, -0.05) is 21.9 Å². The molecular formula is C11H15FNOP. The minimum absolute atomic E-state index is 0.336. The van der Waals surface area contributed by atoms with Crippen molar-refractivity contribution in [2.75, 3.05) is 11.5 Å². The van der Waals surface area contributed by atoms with Crippen LogP contribution in [0.2, 0.25) is 0 Å². The zero-order valence-corrected chi connectivity index (χ0v) is 9.93. The van der Waals surface area contributed by atoms with Gasteiger partial charge in [0, 0.05) is 0 Å². The molecule has 1 unspecified atom stereocenters. The Balaban J connectivity index is 3.02. The largest absolute Gasteiger partial charge is 0.326 e. The summed E-state index contributed by atoms with van der Waals surface area (Å²) in [6.45, 7) is 3.94. The molecule has 1 aromatic rings. The highest BCUT2D eigenvalue weighted by molar-refractivity contribution is 7.47. The highest BCUT2D eigenvalue weighted by atomic mass is 31.1. The van der Waals surface area contributed by atoms with Crippen LogP contribution in [0, 0.1) is 12.7 Å². The third-order valence-electron chi connectivity index (χ3n) is 2.00. The Bertz CT molecular complexity index is 355. The molecule has 1 amide bonds. The first-order valence-corrected chi connectivity index (χ1v) is 6.14. The molecule has 0 fully saturated rings. The van der Waals surface area contributed by atoms with Gasteiger partial charge in [0.25, 0.3) is 0 Å². The molecule has 0 aromatic heterocycles. The van der Waals surface area contributed by atoms with Crippen LogP contribution in [0.5, 0.6) is 0 Å². The van der Waals surface area contributed by atoms with Crippen molar-refractivity contribution in [3.05, 3.63) is 23.5 Å². The quantitative estimate of drug-likeness (QED) is 0.607. The van der Waals surface area contributed by atoms with Gasteiger partial charge in [0.1, 0.15) is 5.82 Å². The topological polar surface area (TPSA) is 29.1 Å². The Morgan fingerprint density at radius 2 is 2.27 bits per heavy atom. The van der Waals surface area contributed by atoms with Crippen molar-refractivity contribution in [1.29, 1.82) is 0 Å². The Morgan fingerprint density at radius 3 is 2.87 bits per heavy atom. The number of hydrogen-bond donors (Lipinski definition) is 1. The summed E-state index contributed by atoms with van der Waals surface area (Å²) >= 11 is 0. The first-order chi connectivity index (χ1) is 7.19. The average Bonchev–Trinajstić information content (AvgIpc) is 2.19. The SMILES string of the molecule is CCCPc1cc(C)cc(F)c1NC=O. The maximum atomic E-state index is 13.5. The fourth-order valence-corrected chi connectivity index (χ4v) is 2.56. The molecule has 0 aliphatic carbocycles. The van der Waals surface area contributed by atoms with E-state index in [0.717, 1.165) is 23.5 Å². The van der Waals surface area contributed by atoms with Crippen molar-refractivity contribution in [3.8, 4) is 0 Å². The first-order valence-electron chi connectivity index (χ1n) is 4.93. The highest BCUT2D eigenvalue weighted by Gasteiger charge is 2.08. The van der Waals surface area contributed by atoms with Crippen LogP contribution in [0.1, 0.15) is 18.9 Å². The van der Waals surface area contributed by atoms with Crippen LogP contribution in [-0.4, -0.2) is 12.6 Å². The second-order valence-electron chi connectivity index (χ2n) is 3.36. The second kappa shape index (κ2) is 5.82. The van der Waals surface area contributed by atoms with Gasteiger partial charge in [-0.2, -0.15) is 0 Å². The fraction of sp³-hybridized carbons (Fsp3) is 0.364. The predicted octanol–water partition coefficient (Wildman–Crippen LogP) is 2.42. The minimum atomic E-state index is -0.347. The number of hydrogen-bond acceptors (Lipinski definition) is 1. The smallest absolute Gasteiger partial charge is 0.211 e. The second-order valence-corrected chi connectivity index (χ2v) is 4.75. The molecule has 1 rings (SSSR count). The molecule has 2 nitrogen and oxygen atoms in total. The van der Waals surface area contributed by atoms with E-state index in [4.69, 9.17) is 0 Å². The van der Waals surface area contributed by atoms with E-state index in [1.165, 1.54) is 6.07 Å². The van der Waals surface area contributed by atoms with Crippen molar-refractivity contribution < 1.29 is 9.18 Å². The molecule has 1 aromatic carbocycles. The van der Waals surface area contributed by atoms with Crippen molar-refractivity contribution in [3.63, 3.8) is 0 Å². The molecule has 4 heteroatoms. The average molecular weight is 227 g/mol. The molecule has 0 heterocycles. The fourth-order valence-electron chi connectivity index (χ4n) is 1.35. The molecule has 0 saturated heterocycles. The summed E-state index contributed by atoms with van der Waals surface area (Å²) in [6.07, 6.45) is 2.61. The molecule has 0 aliphatic heterocycles. The van der Waals surface area contributed by atoms with Crippen LogP contribution in [0.4, 0.5) is 10.1 Å². The van der Waals surface area contributed by atoms with E-state index in [-0.39, 0.29) is 5.82 Å². The molecule has 0 spiro atoms. The maximum absolute atomic E-state index is 13.5. The molecule has 1 N–H and O–H groups in total. The number of halogens is 1. The summed E-state index contributed by atoms with van der Waals surface area (Å²) in [5.74, 6) is -0.347. The van der Waals surface area contributed by atoms with Gasteiger partial charge >= 0.3 is 0 Å². The van der Waals surface area contributed by atoms with Crippen LogP contribution >= 0.6 is 8.58 Å². The summed E-state index contributed by atoms with van der Waals surface area (Å²) in [5, 5.41) is 3.34. The minimum Gasteiger partial charge on any atom is -0.326 e. The molecule has 0 radical (unpaired) electrons. The van der Waals surface area contributed by atoms with E-state index in [9.17, 15) is 9.18 Å². The number of carbonyl (C=O) groups is 1. The third kappa shape index (κ3) is 3.28. The number of carbonyl (C=O) groups excluding carboxylic acids is 1. The zero-order valence-electron chi connectivity index (χ0n) is 8.93. The van der Waals surface area contributed by atoms with E-state index in [2.05, 4.69) is 12.2 Å². The lowest BCUT2D eigenvalue weighted by Gasteiger charge is -2.10. The number of nitrogens with one attached hydrogen (secondary N) is 1. The number of anilines is 1. The van der Waals surface area contributed by atoms with Crippen molar-refractivity contribution >= 4 is 26.0 Å². The van der Waals surface area contributed by atoms with Crippen LogP contribution in [-0.2, 0) is 4.79 Å². The van der Waals surface area contributed by atoms with Gasteiger partial charge in [-0.25, -0.2) is 4.39 Å². The summed E-state index contributed by atoms with van der Waals surface area (Å²) in [6, 6.07) is 3.37. The molecule has 0 saturated carbocycles. The molecular weight excluding hydrogens is 212 g/mol. The van der Waals surface area contributed by atoms with E-state index in [0.29, 0.717) is 20.7 Å². The van der Waals surface area contributed by atoms with Gasteiger partial charge in [0.05, 0.1) is 5.69 Å². The van der Waals surface area contributed by atoms with Crippen molar-refractivity contribution in [1.82, 2.24) is 0 Å². The van der Waals surface area contributed by atoms with Gasteiger partial charge in [-0.15, -0.1) is 0 Å². The number of amides is 1. The number of aryl methyl sites for hydroxylation is 1. The summed E-state index contributed by atoms with van der Waals surface area (Å²) in [7, 11) is 0.545. The van der Waals surface area contributed by atoms with E-state index < -0.39 is 0 Å². The summed E-state index contributed by atoms with van der Waals surface area (Å²) < 4.78 is 13.5.